The topological polar surface area (TPSA) is 61.5 Å². The molecule has 0 saturated carbocycles. The van der Waals surface area contributed by atoms with E-state index in [9.17, 15) is 4.39 Å². The number of methoxy groups -OCH3 is 1. The zero-order valence-electron chi connectivity index (χ0n) is 16.1. The molecule has 0 fully saturated rings. The second-order valence-corrected chi connectivity index (χ2v) is 6.73. The fraction of sp³-hybridized carbons (Fsp3) is 0.0870. The first kappa shape index (κ1) is 18.1. The molecular weight excluding hydrogens is 383 g/mol. The van der Waals surface area contributed by atoms with Gasteiger partial charge in [0.2, 0.25) is 0 Å². The SMILES string of the molecule is COc1ccc2c(OCc3nnc4c(F)cc(-c5ccccc5)cn34)ccnc2c1. The number of nitrogens with zero attached hydrogens (tertiary/aromatic N) is 4. The van der Waals surface area contributed by atoms with Crippen LogP contribution in [0.25, 0.3) is 27.7 Å². The van der Waals surface area contributed by atoms with Gasteiger partial charge in [-0.1, -0.05) is 30.3 Å². The molecule has 0 radical (unpaired) electrons. The van der Waals surface area contributed by atoms with Gasteiger partial charge in [0.15, 0.2) is 17.3 Å². The summed E-state index contributed by atoms with van der Waals surface area (Å²) in [5.41, 5.74) is 2.57. The molecular formula is C23H17FN4O2. The average molecular weight is 400 g/mol. The van der Waals surface area contributed by atoms with Crippen molar-refractivity contribution in [2.24, 2.45) is 0 Å². The van der Waals surface area contributed by atoms with Gasteiger partial charge in [-0.05, 0) is 29.8 Å². The van der Waals surface area contributed by atoms with Crippen LogP contribution in [0, 0.1) is 5.82 Å². The highest BCUT2D eigenvalue weighted by Gasteiger charge is 2.14. The molecule has 0 atom stereocenters. The summed E-state index contributed by atoms with van der Waals surface area (Å²) in [6.07, 6.45) is 3.49. The maximum atomic E-state index is 14.6. The van der Waals surface area contributed by atoms with Crippen LogP contribution in [-0.4, -0.2) is 26.7 Å². The molecule has 0 aliphatic rings. The van der Waals surface area contributed by atoms with E-state index in [1.165, 1.54) is 6.07 Å². The van der Waals surface area contributed by atoms with Crippen LogP contribution in [0.15, 0.2) is 73.1 Å². The Balaban J connectivity index is 1.49. The average Bonchev–Trinajstić information content (AvgIpc) is 3.21. The largest absolute Gasteiger partial charge is 0.497 e. The lowest BCUT2D eigenvalue weighted by atomic mass is 10.1. The molecule has 5 aromatic rings. The fourth-order valence-electron chi connectivity index (χ4n) is 3.38. The Morgan fingerprint density at radius 2 is 1.83 bits per heavy atom. The third-order valence-corrected chi connectivity index (χ3v) is 4.90. The Hall–Kier alpha value is -4.00. The third-order valence-electron chi connectivity index (χ3n) is 4.90. The highest BCUT2D eigenvalue weighted by atomic mass is 19.1. The summed E-state index contributed by atoms with van der Waals surface area (Å²) >= 11 is 0. The van der Waals surface area contributed by atoms with Crippen LogP contribution in [-0.2, 0) is 6.61 Å². The molecule has 6 nitrogen and oxygen atoms in total. The lowest BCUT2D eigenvalue weighted by molar-refractivity contribution is 0.298. The summed E-state index contributed by atoms with van der Waals surface area (Å²) in [4.78, 5) is 4.36. The minimum atomic E-state index is -0.434. The van der Waals surface area contributed by atoms with Crippen molar-refractivity contribution >= 4 is 16.6 Å². The molecule has 0 aliphatic heterocycles. The van der Waals surface area contributed by atoms with Crippen LogP contribution in [0.4, 0.5) is 4.39 Å². The molecule has 0 saturated heterocycles. The molecule has 0 unspecified atom stereocenters. The fourth-order valence-corrected chi connectivity index (χ4v) is 3.38. The Labute approximate surface area is 171 Å². The number of hydrogen-bond acceptors (Lipinski definition) is 5. The molecule has 148 valence electrons. The number of fused-ring (bicyclic) bond motifs is 2. The van der Waals surface area contributed by atoms with Gasteiger partial charge in [-0.15, -0.1) is 10.2 Å². The van der Waals surface area contributed by atoms with Crippen molar-refractivity contribution < 1.29 is 13.9 Å². The van der Waals surface area contributed by atoms with Gasteiger partial charge in [-0.25, -0.2) is 4.39 Å². The predicted octanol–water partition coefficient (Wildman–Crippen LogP) is 4.67. The number of benzene rings is 2. The summed E-state index contributed by atoms with van der Waals surface area (Å²) < 4.78 is 27.5. The van der Waals surface area contributed by atoms with Crippen LogP contribution in [0.1, 0.15) is 5.82 Å². The van der Waals surface area contributed by atoms with Gasteiger partial charge in [0.25, 0.3) is 0 Å². The van der Waals surface area contributed by atoms with E-state index in [1.807, 2.05) is 54.7 Å². The van der Waals surface area contributed by atoms with Gasteiger partial charge in [-0.3, -0.25) is 9.38 Å². The molecule has 0 amide bonds. The molecule has 3 aromatic heterocycles. The molecule has 0 spiro atoms. The number of aromatic nitrogens is 4. The summed E-state index contributed by atoms with van der Waals surface area (Å²) in [6, 6.07) is 18.4. The van der Waals surface area contributed by atoms with Crippen LogP contribution in [0.5, 0.6) is 11.5 Å². The van der Waals surface area contributed by atoms with Crippen LogP contribution < -0.4 is 9.47 Å². The Kier molecular flexibility index (Phi) is 4.48. The van der Waals surface area contributed by atoms with Crippen molar-refractivity contribution in [1.29, 1.82) is 0 Å². The van der Waals surface area contributed by atoms with Gasteiger partial charge >= 0.3 is 0 Å². The number of pyridine rings is 2. The van der Waals surface area contributed by atoms with Gasteiger partial charge < -0.3 is 9.47 Å². The highest BCUT2D eigenvalue weighted by molar-refractivity contribution is 5.85. The quantitative estimate of drug-likeness (QED) is 0.429. The van der Waals surface area contributed by atoms with E-state index in [2.05, 4.69) is 15.2 Å². The summed E-state index contributed by atoms with van der Waals surface area (Å²) in [5.74, 6) is 1.44. The molecule has 0 bridgehead atoms. The number of hydrogen-bond donors (Lipinski definition) is 0. The summed E-state index contributed by atoms with van der Waals surface area (Å²) in [7, 11) is 1.61. The van der Waals surface area contributed by atoms with Gasteiger partial charge in [0, 0.05) is 29.4 Å². The minimum Gasteiger partial charge on any atom is -0.497 e. The van der Waals surface area contributed by atoms with E-state index < -0.39 is 5.82 Å². The monoisotopic (exact) mass is 400 g/mol. The molecule has 7 heteroatoms. The molecule has 5 rings (SSSR count). The maximum absolute atomic E-state index is 14.6. The van der Waals surface area contributed by atoms with Crippen molar-refractivity contribution in [2.45, 2.75) is 6.61 Å². The van der Waals surface area contributed by atoms with E-state index >= 15 is 0 Å². The number of rotatable bonds is 5. The standard InChI is InChI=1S/C23H17FN4O2/c1-29-17-7-8-18-20(12-17)25-10-9-21(18)30-14-22-26-27-23-19(24)11-16(13-28(22)23)15-5-3-2-4-6-15/h2-13H,14H2,1H3. The Morgan fingerprint density at radius 1 is 0.967 bits per heavy atom. The van der Waals surface area contributed by atoms with E-state index in [4.69, 9.17) is 9.47 Å². The van der Waals surface area contributed by atoms with Crippen molar-refractivity contribution in [3.05, 3.63) is 84.7 Å². The number of ether oxygens (including phenoxy) is 2. The van der Waals surface area contributed by atoms with E-state index in [1.54, 1.807) is 23.8 Å². The predicted molar refractivity (Wildman–Crippen MR) is 111 cm³/mol. The molecule has 0 aliphatic carbocycles. The van der Waals surface area contributed by atoms with Crippen molar-refractivity contribution in [3.63, 3.8) is 0 Å². The van der Waals surface area contributed by atoms with E-state index in [0.29, 0.717) is 11.6 Å². The van der Waals surface area contributed by atoms with Gasteiger partial charge in [0.1, 0.15) is 18.1 Å². The van der Waals surface area contributed by atoms with Crippen LogP contribution >= 0.6 is 0 Å². The normalized spacial score (nSPS) is 11.1. The third kappa shape index (κ3) is 3.20. The molecule has 2 aromatic carbocycles. The Bertz CT molecular complexity index is 1350. The first-order valence-electron chi connectivity index (χ1n) is 9.37. The smallest absolute Gasteiger partial charge is 0.197 e. The molecule has 0 N–H and O–H groups in total. The summed E-state index contributed by atoms with van der Waals surface area (Å²) in [5, 5.41) is 8.96. The van der Waals surface area contributed by atoms with Gasteiger partial charge in [-0.2, -0.15) is 0 Å². The lowest BCUT2D eigenvalue weighted by Gasteiger charge is -2.10. The van der Waals surface area contributed by atoms with Crippen LogP contribution in [0.2, 0.25) is 0 Å². The Morgan fingerprint density at radius 3 is 2.67 bits per heavy atom. The van der Waals surface area contributed by atoms with Crippen molar-refractivity contribution in [2.75, 3.05) is 7.11 Å². The maximum Gasteiger partial charge on any atom is 0.197 e. The van der Waals surface area contributed by atoms with Gasteiger partial charge in [0.05, 0.1) is 12.6 Å². The second kappa shape index (κ2) is 7.44. The molecule has 30 heavy (non-hydrogen) atoms. The first-order valence-corrected chi connectivity index (χ1v) is 9.37. The molecule has 3 heterocycles. The second-order valence-electron chi connectivity index (χ2n) is 6.73. The zero-order valence-corrected chi connectivity index (χ0v) is 16.1. The number of halogens is 1. The van der Waals surface area contributed by atoms with Crippen molar-refractivity contribution in [1.82, 2.24) is 19.6 Å². The van der Waals surface area contributed by atoms with E-state index in [0.717, 1.165) is 27.8 Å². The van der Waals surface area contributed by atoms with Crippen LogP contribution in [0.3, 0.4) is 0 Å². The zero-order chi connectivity index (χ0) is 20.5. The van der Waals surface area contributed by atoms with E-state index in [-0.39, 0.29) is 12.3 Å². The lowest BCUT2D eigenvalue weighted by Crippen LogP contribution is -2.03. The highest BCUT2D eigenvalue weighted by Crippen LogP contribution is 2.28. The first-order chi connectivity index (χ1) is 14.7. The van der Waals surface area contributed by atoms with Crippen molar-refractivity contribution in [3.8, 4) is 22.6 Å². The minimum absolute atomic E-state index is 0.129. The summed E-state index contributed by atoms with van der Waals surface area (Å²) in [6.45, 7) is 0.129.